The van der Waals surface area contributed by atoms with Crippen LogP contribution < -0.4 is 5.32 Å². The largest absolute Gasteiger partial charge is 0.352 e. The van der Waals surface area contributed by atoms with Gasteiger partial charge in [-0.25, -0.2) is 0 Å². The van der Waals surface area contributed by atoms with Crippen LogP contribution in [-0.4, -0.2) is 36.3 Å². The summed E-state index contributed by atoms with van der Waals surface area (Å²) in [4.78, 5) is 25.6. The van der Waals surface area contributed by atoms with Gasteiger partial charge in [-0.15, -0.1) is 11.3 Å². The molecule has 5 heteroatoms. The van der Waals surface area contributed by atoms with Crippen molar-refractivity contribution in [2.45, 2.75) is 19.9 Å². The van der Waals surface area contributed by atoms with Crippen molar-refractivity contribution in [2.75, 3.05) is 13.6 Å². The van der Waals surface area contributed by atoms with E-state index < -0.39 is 0 Å². The van der Waals surface area contributed by atoms with Gasteiger partial charge in [-0.3, -0.25) is 9.59 Å². The third-order valence-electron chi connectivity index (χ3n) is 2.14. The zero-order chi connectivity index (χ0) is 13.5. The highest BCUT2D eigenvalue weighted by atomic mass is 32.1. The maximum Gasteiger partial charge on any atom is 0.246 e. The van der Waals surface area contributed by atoms with Crippen molar-refractivity contribution in [3.63, 3.8) is 0 Å². The Kier molecular flexibility index (Phi) is 5.58. The number of rotatable bonds is 5. The fourth-order valence-electron chi connectivity index (χ4n) is 1.33. The molecule has 4 nitrogen and oxygen atoms in total. The molecule has 0 aliphatic heterocycles. The van der Waals surface area contributed by atoms with Crippen LogP contribution in [0.5, 0.6) is 0 Å². The van der Waals surface area contributed by atoms with Gasteiger partial charge in [-0.05, 0) is 31.4 Å². The molecule has 0 spiro atoms. The Morgan fingerprint density at radius 1 is 1.50 bits per heavy atom. The minimum atomic E-state index is -0.178. The van der Waals surface area contributed by atoms with Crippen LogP contribution in [0.25, 0.3) is 6.08 Å². The zero-order valence-electron chi connectivity index (χ0n) is 10.8. The van der Waals surface area contributed by atoms with Crippen LogP contribution in [0, 0.1) is 0 Å². The summed E-state index contributed by atoms with van der Waals surface area (Å²) >= 11 is 1.56. The topological polar surface area (TPSA) is 49.4 Å². The van der Waals surface area contributed by atoms with Gasteiger partial charge in [0.15, 0.2) is 0 Å². The second-order valence-electron chi connectivity index (χ2n) is 4.27. The number of hydrogen-bond donors (Lipinski definition) is 1. The number of carbonyl (C=O) groups is 2. The fraction of sp³-hybridized carbons (Fsp3) is 0.385. The Bertz CT molecular complexity index is 424. The highest BCUT2D eigenvalue weighted by Crippen LogP contribution is 2.10. The van der Waals surface area contributed by atoms with Gasteiger partial charge >= 0.3 is 0 Å². The smallest absolute Gasteiger partial charge is 0.246 e. The molecule has 0 aromatic carbocycles. The molecule has 1 rings (SSSR count). The molecule has 0 radical (unpaired) electrons. The highest BCUT2D eigenvalue weighted by Gasteiger charge is 2.10. The standard InChI is InChI=1S/C13H18N2O2S/c1-10(2)14-12(16)9-15(3)13(17)7-6-11-5-4-8-18-11/h4-8,10H,9H2,1-3H3,(H,14,16)/b7-6+. The van der Waals surface area contributed by atoms with E-state index in [0.717, 1.165) is 4.88 Å². The van der Waals surface area contributed by atoms with E-state index in [-0.39, 0.29) is 24.4 Å². The van der Waals surface area contributed by atoms with Crippen LogP contribution >= 0.6 is 11.3 Å². The summed E-state index contributed by atoms with van der Waals surface area (Å²) in [7, 11) is 1.61. The van der Waals surface area contributed by atoms with Gasteiger partial charge in [-0.1, -0.05) is 6.07 Å². The van der Waals surface area contributed by atoms with E-state index in [1.54, 1.807) is 24.5 Å². The molecule has 18 heavy (non-hydrogen) atoms. The molecule has 2 amide bonds. The molecule has 0 atom stereocenters. The lowest BCUT2D eigenvalue weighted by Gasteiger charge is -2.16. The summed E-state index contributed by atoms with van der Waals surface area (Å²) in [5.41, 5.74) is 0. The Morgan fingerprint density at radius 2 is 2.22 bits per heavy atom. The Labute approximate surface area is 111 Å². The predicted molar refractivity (Wildman–Crippen MR) is 74.3 cm³/mol. The van der Waals surface area contributed by atoms with E-state index in [9.17, 15) is 9.59 Å². The number of carbonyl (C=O) groups excluding carboxylic acids is 2. The summed E-state index contributed by atoms with van der Waals surface area (Å²) < 4.78 is 0. The minimum Gasteiger partial charge on any atom is -0.352 e. The van der Waals surface area contributed by atoms with Gasteiger partial charge in [0.2, 0.25) is 11.8 Å². The first-order chi connectivity index (χ1) is 8.49. The van der Waals surface area contributed by atoms with Crippen LogP contribution in [0.15, 0.2) is 23.6 Å². The summed E-state index contributed by atoms with van der Waals surface area (Å²) in [6.07, 6.45) is 3.23. The molecular weight excluding hydrogens is 248 g/mol. The third kappa shape index (κ3) is 5.14. The molecular formula is C13H18N2O2S. The number of likely N-dealkylation sites (N-methyl/N-ethyl adjacent to an activating group) is 1. The Hall–Kier alpha value is -1.62. The Morgan fingerprint density at radius 3 is 2.78 bits per heavy atom. The Balaban J connectivity index is 2.44. The van der Waals surface area contributed by atoms with Crippen LogP contribution in [-0.2, 0) is 9.59 Å². The van der Waals surface area contributed by atoms with Crippen molar-refractivity contribution in [1.29, 1.82) is 0 Å². The van der Waals surface area contributed by atoms with Gasteiger partial charge in [0.1, 0.15) is 0 Å². The van der Waals surface area contributed by atoms with Crippen molar-refractivity contribution in [3.8, 4) is 0 Å². The quantitative estimate of drug-likeness (QED) is 0.825. The molecule has 1 aromatic heterocycles. The molecule has 0 aliphatic carbocycles. The molecule has 0 bridgehead atoms. The van der Waals surface area contributed by atoms with Crippen LogP contribution in [0.2, 0.25) is 0 Å². The molecule has 98 valence electrons. The van der Waals surface area contributed by atoms with E-state index in [1.807, 2.05) is 31.4 Å². The predicted octanol–water partition coefficient (Wildman–Crippen LogP) is 1.74. The molecule has 0 fully saturated rings. The van der Waals surface area contributed by atoms with Gasteiger partial charge in [0.25, 0.3) is 0 Å². The second kappa shape index (κ2) is 6.96. The monoisotopic (exact) mass is 266 g/mol. The average Bonchev–Trinajstić information content (AvgIpc) is 2.77. The maximum absolute atomic E-state index is 11.7. The van der Waals surface area contributed by atoms with E-state index in [0.29, 0.717) is 0 Å². The zero-order valence-corrected chi connectivity index (χ0v) is 11.7. The lowest BCUT2D eigenvalue weighted by molar-refractivity contribution is -0.131. The average molecular weight is 266 g/mol. The molecule has 0 aliphatic rings. The molecule has 0 saturated heterocycles. The van der Waals surface area contributed by atoms with Gasteiger partial charge in [-0.2, -0.15) is 0 Å². The normalized spacial score (nSPS) is 10.9. The van der Waals surface area contributed by atoms with Crippen LogP contribution in [0.4, 0.5) is 0 Å². The van der Waals surface area contributed by atoms with E-state index >= 15 is 0 Å². The maximum atomic E-state index is 11.7. The molecule has 1 aromatic rings. The number of thiophene rings is 1. The van der Waals surface area contributed by atoms with E-state index in [4.69, 9.17) is 0 Å². The molecule has 1 heterocycles. The summed E-state index contributed by atoms with van der Waals surface area (Å²) in [6, 6.07) is 3.94. The molecule has 1 N–H and O–H groups in total. The minimum absolute atomic E-state index is 0.0752. The van der Waals surface area contributed by atoms with Gasteiger partial charge in [0.05, 0.1) is 6.54 Å². The first kappa shape index (κ1) is 14.4. The molecule has 0 unspecified atom stereocenters. The van der Waals surface area contributed by atoms with Crippen LogP contribution in [0.1, 0.15) is 18.7 Å². The fourth-order valence-corrected chi connectivity index (χ4v) is 1.95. The van der Waals surface area contributed by atoms with Crippen molar-refractivity contribution >= 4 is 29.2 Å². The van der Waals surface area contributed by atoms with Crippen molar-refractivity contribution in [3.05, 3.63) is 28.5 Å². The number of hydrogen-bond acceptors (Lipinski definition) is 3. The number of nitrogens with one attached hydrogen (secondary N) is 1. The summed E-state index contributed by atoms with van der Waals surface area (Å²) in [6.45, 7) is 3.85. The van der Waals surface area contributed by atoms with Crippen molar-refractivity contribution < 1.29 is 9.59 Å². The van der Waals surface area contributed by atoms with E-state index in [1.165, 1.54) is 11.0 Å². The summed E-state index contributed by atoms with van der Waals surface area (Å²) in [5.74, 6) is -0.326. The third-order valence-corrected chi connectivity index (χ3v) is 2.98. The number of nitrogens with zero attached hydrogens (tertiary/aromatic N) is 1. The lowest BCUT2D eigenvalue weighted by Crippen LogP contribution is -2.40. The molecule has 0 saturated carbocycles. The first-order valence-corrected chi connectivity index (χ1v) is 6.63. The van der Waals surface area contributed by atoms with Crippen molar-refractivity contribution in [2.24, 2.45) is 0 Å². The highest BCUT2D eigenvalue weighted by molar-refractivity contribution is 7.10. The van der Waals surface area contributed by atoms with E-state index in [2.05, 4.69) is 5.32 Å². The number of amides is 2. The first-order valence-electron chi connectivity index (χ1n) is 5.75. The van der Waals surface area contributed by atoms with Crippen molar-refractivity contribution in [1.82, 2.24) is 10.2 Å². The van der Waals surface area contributed by atoms with Gasteiger partial charge < -0.3 is 10.2 Å². The summed E-state index contributed by atoms with van der Waals surface area (Å²) in [5, 5.41) is 4.69. The lowest BCUT2D eigenvalue weighted by atomic mass is 10.3. The van der Waals surface area contributed by atoms with Gasteiger partial charge in [0, 0.05) is 24.0 Å². The van der Waals surface area contributed by atoms with Crippen LogP contribution in [0.3, 0.4) is 0 Å². The SMILES string of the molecule is CC(C)NC(=O)CN(C)C(=O)/C=C/c1cccs1. The second-order valence-corrected chi connectivity index (χ2v) is 5.24.